The highest BCUT2D eigenvalue weighted by atomic mass is 16.4. The molecule has 2 heterocycles. The number of nitriles is 1. The molecular formula is C21H20N4O2. The number of rotatable bonds is 5. The van der Waals surface area contributed by atoms with Crippen molar-refractivity contribution >= 4 is 17.0 Å². The van der Waals surface area contributed by atoms with Crippen molar-refractivity contribution in [2.75, 3.05) is 0 Å². The molecule has 6 nitrogen and oxygen atoms in total. The molecule has 0 saturated heterocycles. The Labute approximate surface area is 157 Å². The van der Waals surface area contributed by atoms with E-state index in [1.165, 1.54) is 0 Å². The van der Waals surface area contributed by atoms with Crippen molar-refractivity contribution in [3.05, 3.63) is 60.0 Å². The zero-order chi connectivity index (χ0) is 19.4. The van der Waals surface area contributed by atoms with E-state index in [0.717, 1.165) is 16.5 Å². The molecular weight excluding hydrogens is 340 g/mol. The van der Waals surface area contributed by atoms with Gasteiger partial charge in [-0.15, -0.1) is 0 Å². The Balaban J connectivity index is 2.10. The van der Waals surface area contributed by atoms with Gasteiger partial charge in [0.1, 0.15) is 0 Å². The number of carbonyl (C=O) groups is 1. The van der Waals surface area contributed by atoms with Crippen LogP contribution < -0.4 is 5.32 Å². The Morgan fingerprint density at radius 3 is 2.56 bits per heavy atom. The highest BCUT2D eigenvalue weighted by Gasteiger charge is 2.19. The van der Waals surface area contributed by atoms with Crippen molar-refractivity contribution in [3.63, 3.8) is 0 Å². The summed E-state index contributed by atoms with van der Waals surface area (Å²) in [5.74, 6) is 0.277. The molecule has 1 unspecified atom stereocenters. The van der Waals surface area contributed by atoms with Crippen molar-refractivity contribution in [2.45, 2.75) is 26.3 Å². The third-order valence-corrected chi connectivity index (χ3v) is 4.32. The van der Waals surface area contributed by atoms with E-state index in [0.29, 0.717) is 23.2 Å². The van der Waals surface area contributed by atoms with Crippen LogP contribution in [0.1, 0.15) is 37.6 Å². The first-order valence-corrected chi connectivity index (χ1v) is 8.72. The summed E-state index contributed by atoms with van der Waals surface area (Å²) in [4.78, 5) is 19.8. The smallest absolute Gasteiger partial charge is 0.405 e. The lowest BCUT2D eigenvalue weighted by Gasteiger charge is -2.19. The second-order valence-electron chi connectivity index (χ2n) is 6.81. The first kappa shape index (κ1) is 18.3. The molecule has 1 amide bonds. The normalized spacial score (nSPS) is 11.9. The third-order valence-electron chi connectivity index (χ3n) is 4.32. The van der Waals surface area contributed by atoms with Crippen LogP contribution in [0.2, 0.25) is 0 Å². The lowest BCUT2D eigenvalue weighted by molar-refractivity contribution is 0.187. The molecule has 0 radical (unpaired) electrons. The quantitative estimate of drug-likeness (QED) is 0.697. The number of pyridine rings is 2. The van der Waals surface area contributed by atoms with Gasteiger partial charge in [-0.3, -0.25) is 9.97 Å². The molecule has 136 valence electrons. The number of aromatic nitrogens is 2. The number of hydrogen-bond acceptors (Lipinski definition) is 4. The highest BCUT2D eigenvalue weighted by molar-refractivity contribution is 5.89. The van der Waals surface area contributed by atoms with Crippen LogP contribution in [-0.2, 0) is 0 Å². The summed E-state index contributed by atoms with van der Waals surface area (Å²) < 4.78 is 0. The van der Waals surface area contributed by atoms with Crippen molar-refractivity contribution in [3.8, 4) is 17.2 Å². The minimum absolute atomic E-state index is 0.277. The SMILES string of the molecule is CC(C)CC(NC(=O)O)c1cc(C#N)c2cc(-c3ccncc3)ccc2n1. The zero-order valence-electron chi connectivity index (χ0n) is 15.2. The Morgan fingerprint density at radius 2 is 1.93 bits per heavy atom. The summed E-state index contributed by atoms with van der Waals surface area (Å²) in [7, 11) is 0. The molecule has 0 bridgehead atoms. The number of hydrogen-bond donors (Lipinski definition) is 2. The monoisotopic (exact) mass is 360 g/mol. The molecule has 2 N–H and O–H groups in total. The fourth-order valence-electron chi connectivity index (χ4n) is 3.12. The summed E-state index contributed by atoms with van der Waals surface area (Å²) in [5, 5.41) is 22.1. The summed E-state index contributed by atoms with van der Waals surface area (Å²) in [6.07, 6.45) is 2.94. The molecule has 2 aromatic heterocycles. The molecule has 1 aromatic carbocycles. The molecule has 0 aliphatic heterocycles. The standard InChI is InChI=1S/C21H20N4O2/c1-13(2)9-19(25-21(26)27)20-11-16(12-22)17-10-15(3-4-18(17)24-20)14-5-7-23-8-6-14/h3-8,10-11,13,19,25H,9H2,1-2H3,(H,26,27). The van der Waals surface area contributed by atoms with Crippen molar-refractivity contribution in [1.82, 2.24) is 15.3 Å². The lowest BCUT2D eigenvalue weighted by Crippen LogP contribution is -2.28. The van der Waals surface area contributed by atoms with Crippen LogP contribution in [0.25, 0.3) is 22.0 Å². The van der Waals surface area contributed by atoms with E-state index in [1.807, 2.05) is 44.2 Å². The average molecular weight is 360 g/mol. The van der Waals surface area contributed by atoms with E-state index >= 15 is 0 Å². The van der Waals surface area contributed by atoms with Crippen LogP contribution in [0.5, 0.6) is 0 Å². The Kier molecular flexibility index (Phi) is 5.32. The lowest BCUT2D eigenvalue weighted by atomic mass is 9.97. The molecule has 3 aromatic rings. The van der Waals surface area contributed by atoms with Crippen LogP contribution >= 0.6 is 0 Å². The maximum Gasteiger partial charge on any atom is 0.405 e. The molecule has 0 saturated carbocycles. The topological polar surface area (TPSA) is 98.9 Å². The van der Waals surface area contributed by atoms with Gasteiger partial charge in [-0.1, -0.05) is 19.9 Å². The molecule has 27 heavy (non-hydrogen) atoms. The van der Waals surface area contributed by atoms with E-state index in [2.05, 4.69) is 21.4 Å². The van der Waals surface area contributed by atoms with E-state index in [4.69, 9.17) is 5.11 Å². The van der Waals surface area contributed by atoms with Gasteiger partial charge in [0.25, 0.3) is 0 Å². The summed E-state index contributed by atoms with van der Waals surface area (Å²) in [6.45, 7) is 4.04. The van der Waals surface area contributed by atoms with Crippen LogP contribution in [-0.4, -0.2) is 21.2 Å². The second-order valence-corrected chi connectivity index (χ2v) is 6.81. The number of nitrogens with zero attached hydrogens (tertiary/aromatic N) is 3. The van der Waals surface area contributed by atoms with Crippen LogP contribution in [0.15, 0.2) is 48.8 Å². The zero-order valence-corrected chi connectivity index (χ0v) is 15.2. The second kappa shape index (κ2) is 7.83. The number of amides is 1. The number of nitrogens with one attached hydrogen (secondary N) is 1. The van der Waals surface area contributed by atoms with Crippen molar-refractivity contribution < 1.29 is 9.90 Å². The minimum atomic E-state index is -1.10. The van der Waals surface area contributed by atoms with Gasteiger partial charge in [0, 0.05) is 17.8 Å². The van der Waals surface area contributed by atoms with Crippen LogP contribution in [0.3, 0.4) is 0 Å². The predicted molar refractivity (Wildman–Crippen MR) is 103 cm³/mol. The maximum absolute atomic E-state index is 11.2. The third kappa shape index (κ3) is 4.21. The van der Waals surface area contributed by atoms with Gasteiger partial charge < -0.3 is 10.4 Å². The molecule has 6 heteroatoms. The summed E-state index contributed by atoms with van der Waals surface area (Å²) in [5.41, 5.74) is 3.69. The van der Waals surface area contributed by atoms with E-state index < -0.39 is 12.1 Å². The first-order chi connectivity index (χ1) is 13.0. The minimum Gasteiger partial charge on any atom is -0.465 e. The van der Waals surface area contributed by atoms with Gasteiger partial charge in [0.15, 0.2) is 0 Å². The Bertz CT molecular complexity index is 1010. The first-order valence-electron chi connectivity index (χ1n) is 8.72. The number of fused-ring (bicyclic) bond motifs is 1. The van der Waals surface area contributed by atoms with Gasteiger partial charge in [0.2, 0.25) is 0 Å². The number of benzene rings is 1. The van der Waals surface area contributed by atoms with Crippen molar-refractivity contribution in [1.29, 1.82) is 5.26 Å². The van der Waals surface area contributed by atoms with E-state index in [9.17, 15) is 10.1 Å². The van der Waals surface area contributed by atoms with Gasteiger partial charge in [0.05, 0.1) is 28.9 Å². The Morgan fingerprint density at radius 1 is 1.19 bits per heavy atom. The summed E-state index contributed by atoms with van der Waals surface area (Å²) >= 11 is 0. The molecule has 3 rings (SSSR count). The maximum atomic E-state index is 11.2. The fraction of sp³-hybridized carbons (Fsp3) is 0.238. The van der Waals surface area contributed by atoms with Crippen LogP contribution in [0, 0.1) is 17.2 Å². The molecule has 1 atom stereocenters. The van der Waals surface area contributed by atoms with E-state index in [1.54, 1.807) is 18.5 Å². The van der Waals surface area contributed by atoms with Gasteiger partial charge >= 0.3 is 6.09 Å². The molecule has 0 aliphatic rings. The molecule has 0 spiro atoms. The van der Waals surface area contributed by atoms with Gasteiger partial charge in [-0.25, -0.2) is 4.79 Å². The van der Waals surface area contributed by atoms with E-state index in [-0.39, 0.29) is 5.92 Å². The van der Waals surface area contributed by atoms with Crippen molar-refractivity contribution in [2.24, 2.45) is 5.92 Å². The fourth-order valence-corrected chi connectivity index (χ4v) is 3.12. The largest absolute Gasteiger partial charge is 0.465 e. The average Bonchev–Trinajstić information content (AvgIpc) is 2.66. The summed E-state index contributed by atoms with van der Waals surface area (Å²) in [6, 6.07) is 13.0. The molecule has 0 fully saturated rings. The molecule has 0 aliphatic carbocycles. The highest BCUT2D eigenvalue weighted by Crippen LogP contribution is 2.28. The van der Waals surface area contributed by atoms with Crippen LogP contribution in [0.4, 0.5) is 4.79 Å². The predicted octanol–water partition coefficient (Wildman–Crippen LogP) is 4.52. The Hall–Kier alpha value is -3.46. The van der Waals surface area contributed by atoms with Gasteiger partial charge in [-0.2, -0.15) is 5.26 Å². The van der Waals surface area contributed by atoms with Gasteiger partial charge in [-0.05, 0) is 53.8 Å². The number of carboxylic acid groups (broad SMARTS) is 1.